The van der Waals surface area contributed by atoms with E-state index >= 15 is 0 Å². The van der Waals surface area contributed by atoms with Gasteiger partial charge in [-0.1, -0.05) is 29.8 Å². The Kier molecular flexibility index (Phi) is 12.3. The van der Waals surface area contributed by atoms with Crippen LogP contribution < -0.4 is 15.0 Å². The van der Waals surface area contributed by atoms with Gasteiger partial charge in [0.25, 0.3) is 5.91 Å². The van der Waals surface area contributed by atoms with Crippen molar-refractivity contribution in [1.29, 1.82) is 0 Å². The largest absolute Gasteiger partial charge is 0.492 e. The fourth-order valence-corrected chi connectivity index (χ4v) is 4.89. The quantitative estimate of drug-likeness (QED) is 0.287. The number of carbonyl (C=O) groups excluding carboxylic acids is 2. The fourth-order valence-electron chi connectivity index (χ4n) is 3.69. The van der Waals surface area contributed by atoms with E-state index in [2.05, 4.69) is 10.3 Å². The van der Waals surface area contributed by atoms with E-state index < -0.39 is 12.1 Å². The number of anilines is 2. The predicted molar refractivity (Wildman–Crippen MR) is 155 cm³/mol. The second kappa shape index (κ2) is 15.9. The van der Waals surface area contributed by atoms with Crippen LogP contribution in [0.25, 0.3) is 0 Å². The molecular formula is C28H28ClF3N4O5S. The third kappa shape index (κ3) is 10.5. The first kappa shape index (κ1) is 32.5. The van der Waals surface area contributed by atoms with E-state index in [4.69, 9.17) is 26.2 Å². The number of carbonyl (C=O) groups is 3. The molecule has 2 N–H and O–H groups in total. The molecule has 1 aromatic heterocycles. The lowest BCUT2D eigenvalue weighted by atomic mass is 10.1. The SMILES string of the molecule is O=C(CCN(C(=O)c1cc(Cl)cc(OCCNc2ccncc2)c1)c1ccccc1)N1CCSC1.O=C(O)C(F)(F)F. The molecule has 42 heavy (non-hydrogen) atoms. The summed E-state index contributed by atoms with van der Waals surface area (Å²) in [6.07, 6.45) is -1.39. The van der Waals surface area contributed by atoms with Crippen molar-refractivity contribution < 1.29 is 37.4 Å². The van der Waals surface area contributed by atoms with E-state index in [-0.39, 0.29) is 24.8 Å². The number of aromatic nitrogens is 1. The van der Waals surface area contributed by atoms with Crippen molar-refractivity contribution in [3.8, 4) is 5.75 Å². The van der Waals surface area contributed by atoms with Gasteiger partial charge in [0, 0.05) is 66.2 Å². The van der Waals surface area contributed by atoms with E-state index in [1.165, 1.54) is 0 Å². The number of hydrogen-bond donors (Lipinski definition) is 2. The molecule has 0 radical (unpaired) electrons. The van der Waals surface area contributed by atoms with Crippen LogP contribution >= 0.6 is 23.4 Å². The molecule has 0 spiro atoms. The van der Waals surface area contributed by atoms with E-state index in [0.29, 0.717) is 35.4 Å². The van der Waals surface area contributed by atoms with Gasteiger partial charge in [0.05, 0.1) is 5.88 Å². The molecule has 0 unspecified atom stereocenters. The Balaban J connectivity index is 0.000000616. The Labute approximate surface area is 249 Å². The zero-order chi connectivity index (χ0) is 30.5. The lowest BCUT2D eigenvalue weighted by Crippen LogP contribution is -2.36. The topological polar surface area (TPSA) is 112 Å². The highest BCUT2D eigenvalue weighted by Crippen LogP contribution is 2.25. The van der Waals surface area contributed by atoms with E-state index in [9.17, 15) is 22.8 Å². The van der Waals surface area contributed by atoms with Gasteiger partial charge < -0.3 is 25.0 Å². The van der Waals surface area contributed by atoms with Crippen molar-refractivity contribution in [3.63, 3.8) is 0 Å². The molecule has 2 amide bonds. The maximum absolute atomic E-state index is 13.6. The summed E-state index contributed by atoms with van der Waals surface area (Å²) in [6, 6.07) is 18.1. The highest BCUT2D eigenvalue weighted by atomic mass is 35.5. The van der Waals surface area contributed by atoms with Crippen LogP contribution in [0.4, 0.5) is 24.5 Å². The normalized spacial score (nSPS) is 12.6. The number of benzene rings is 2. The van der Waals surface area contributed by atoms with Gasteiger partial charge in [0.1, 0.15) is 12.4 Å². The molecule has 0 aliphatic carbocycles. The van der Waals surface area contributed by atoms with Crippen LogP contribution in [0, 0.1) is 0 Å². The number of alkyl halides is 3. The van der Waals surface area contributed by atoms with Gasteiger partial charge in [-0.15, -0.1) is 11.8 Å². The van der Waals surface area contributed by atoms with Crippen molar-refractivity contribution in [2.75, 3.05) is 48.1 Å². The third-order valence-electron chi connectivity index (χ3n) is 5.71. The molecule has 0 bridgehead atoms. The number of nitrogens with one attached hydrogen (secondary N) is 1. The zero-order valence-electron chi connectivity index (χ0n) is 22.2. The summed E-state index contributed by atoms with van der Waals surface area (Å²) in [6.45, 7) is 2.00. The number of rotatable bonds is 10. The third-order valence-corrected chi connectivity index (χ3v) is 6.89. The molecule has 1 fully saturated rings. The average molecular weight is 625 g/mol. The number of carboxylic acids is 1. The zero-order valence-corrected chi connectivity index (χ0v) is 23.8. The summed E-state index contributed by atoms with van der Waals surface area (Å²) in [5.74, 6) is -0.759. The Morgan fingerprint density at radius 3 is 2.40 bits per heavy atom. The highest BCUT2D eigenvalue weighted by molar-refractivity contribution is 7.99. The summed E-state index contributed by atoms with van der Waals surface area (Å²) in [4.78, 5) is 42.5. The average Bonchev–Trinajstić information content (AvgIpc) is 3.51. The summed E-state index contributed by atoms with van der Waals surface area (Å²) < 4.78 is 37.6. The fraction of sp³-hybridized carbons (Fsp3) is 0.286. The molecule has 1 aliphatic rings. The lowest BCUT2D eigenvalue weighted by Gasteiger charge is -2.24. The molecule has 14 heteroatoms. The van der Waals surface area contributed by atoms with Gasteiger partial charge in [-0.2, -0.15) is 13.2 Å². The number of hydrogen-bond acceptors (Lipinski definition) is 7. The molecule has 2 aromatic carbocycles. The van der Waals surface area contributed by atoms with Crippen molar-refractivity contribution in [2.45, 2.75) is 12.6 Å². The predicted octanol–water partition coefficient (Wildman–Crippen LogP) is 5.43. The van der Waals surface area contributed by atoms with Crippen LogP contribution in [0.1, 0.15) is 16.8 Å². The standard InChI is InChI=1S/C26H27ClN4O3S.C2HF3O2/c27-21-16-20(17-24(18-21)34-14-11-29-22-6-9-28-10-7-22)26(33)31(23-4-2-1-3-5-23)12-8-25(32)30-13-15-35-19-30;3-2(4,5)1(6)7/h1-7,9-10,16-18H,8,11-15,19H2,(H,28,29);(H,6,7). The van der Waals surface area contributed by atoms with Crippen molar-refractivity contribution in [1.82, 2.24) is 9.88 Å². The molecule has 3 aromatic rings. The molecule has 2 heterocycles. The first-order chi connectivity index (χ1) is 20.0. The van der Waals surface area contributed by atoms with Crippen molar-refractivity contribution in [2.24, 2.45) is 0 Å². The summed E-state index contributed by atoms with van der Waals surface area (Å²) >= 11 is 8.07. The monoisotopic (exact) mass is 624 g/mol. The number of carboxylic acid groups (broad SMARTS) is 1. The first-order valence-electron chi connectivity index (χ1n) is 12.6. The van der Waals surface area contributed by atoms with E-state index in [1.807, 2.05) is 47.4 Å². The van der Waals surface area contributed by atoms with Crippen molar-refractivity contribution >= 4 is 52.5 Å². The molecule has 1 saturated heterocycles. The number of nitrogens with zero attached hydrogens (tertiary/aromatic N) is 3. The Hall–Kier alpha value is -3.97. The molecule has 4 rings (SSSR count). The number of aliphatic carboxylic acids is 1. The number of pyridine rings is 1. The van der Waals surface area contributed by atoms with E-state index in [1.54, 1.807) is 47.3 Å². The van der Waals surface area contributed by atoms with Crippen LogP contribution in [0.15, 0.2) is 73.1 Å². The Bertz CT molecular complexity index is 1330. The van der Waals surface area contributed by atoms with Crippen LogP contribution in [-0.2, 0) is 9.59 Å². The molecular weight excluding hydrogens is 597 g/mol. The molecule has 1 aliphatic heterocycles. The second-order valence-corrected chi connectivity index (χ2v) is 10.2. The minimum Gasteiger partial charge on any atom is -0.492 e. The van der Waals surface area contributed by atoms with Gasteiger partial charge in [-0.25, -0.2) is 4.79 Å². The van der Waals surface area contributed by atoms with E-state index in [0.717, 1.165) is 23.7 Å². The Morgan fingerprint density at radius 1 is 1.10 bits per heavy atom. The first-order valence-corrected chi connectivity index (χ1v) is 14.2. The van der Waals surface area contributed by atoms with Gasteiger partial charge in [-0.3, -0.25) is 14.6 Å². The number of para-hydroxylation sites is 1. The summed E-state index contributed by atoms with van der Waals surface area (Å²) in [5, 5.41) is 10.8. The second-order valence-electron chi connectivity index (χ2n) is 8.73. The van der Waals surface area contributed by atoms with Gasteiger partial charge in [0.15, 0.2) is 0 Å². The maximum atomic E-state index is 13.6. The van der Waals surface area contributed by atoms with Gasteiger partial charge in [0.2, 0.25) is 5.91 Å². The lowest BCUT2D eigenvalue weighted by molar-refractivity contribution is -0.192. The molecule has 224 valence electrons. The van der Waals surface area contributed by atoms with Crippen LogP contribution in [0.5, 0.6) is 5.75 Å². The smallest absolute Gasteiger partial charge is 0.490 e. The van der Waals surface area contributed by atoms with Gasteiger partial charge in [-0.05, 0) is 42.5 Å². The van der Waals surface area contributed by atoms with Gasteiger partial charge >= 0.3 is 12.1 Å². The Morgan fingerprint density at radius 2 is 1.79 bits per heavy atom. The van der Waals surface area contributed by atoms with Crippen molar-refractivity contribution in [3.05, 3.63) is 83.6 Å². The number of amides is 2. The number of ether oxygens (including phenoxy) is 1. The summed E-state index contributed by atoms with van der Waals surface area (Å²) in [7, 11) is 0. The minimum atomic E-state index is -5.08. The number of thioether (sulfide) groups is 1. The molecule has 0 saturated carbocycles. The molecule has 9 nitrogen and oxygen atoms in total. The van der Waals surface area contributed by atoms with Crippen LogP contribution in [0.3, 0.4) is 0 Å². The van der Waals surface area contributed by atoms with Crippen LogP contribution in [0.2, 0.25) is 5.02 Å². The highest BCUT2D eigenvalue weighted by Gasteiger charge is 2.38. The minimum absolute atomic E-state index is 0.0561. The number of halogens is 4. The maximum Gasteiger partial charge on any atom is 0.490 e. The van der Waals surface area contributed by atoms with Crippen LogP contribution in [-0.4, -0.2) is 76.8 Å². The summed E-state index contributed by atoms with van der Waals surface area (Å²) in [5.41, 5.74) is 2.08. The molecule has 0 atom stereocenters.